The highest BCUT2D eigenvalue weighted by Crippen LogP contribution is 2.42. The SMILES string of the molecule is CC(C)(C)c1nc2c(c(C(C)(C)C)n1)OC(CC(C)(C)c1nc3c(c(C(C)(C)C)n1)CCCC3)CO2. The van der Waals surface area contributed by atoms with Crippen molar-refractivity contribution in [2.24, 2.45) is 0 Å². The van der Waals surface area contributed by atoms with Gasteiger partial charge in [0.15, 0.2) is 0 Å². The van der Waals surface area contributed by atoms with Gasteiger partial charge in [-0.1, -0.05) is 76.2 Å². The molecule has 1 aliphatic heterocycles. The highest BCUT2D eigenvalue weighted by atomic mass is 16.6. The van der Waals surface area contributed by atoms with Crippen LogP contribution >= 0.6 is 0 Å². The van der Waals surface area contributed by atoms with Crippen LogP contribution in [0, 0.1) is 0 Å². The van der Waals surface area contributed by atoms with Crippen LogP contribution in [0.25, 0.3) is 0 Å². The predicted octanol–water partition coefficient (Wildman–Crippen LogP) is 6.55. The average molecular weight is 495 g/mol. The summed E-state index contributed by atoms with van der Waals surface area (Å²) in [6.45, 7) is 24.6. The number of nitrogens with zero attached hydrogens (tertiary/aromatic N) is 4. The first-order valence-electron chi connectivity index (χ1n) is 13.6. The number of fused-ring (bicyclic) bond motifs is 2. The van der Waals surface area contributed by atoms with E-state index in [2.05, 4.69) is 76.2 Å². The standard InChI is InChI=1S/C30H46N4O2/c1-27(2,3)22-19-14-12-13-15-20(19)31-26(32-22)30(10,11)16-18-17-35-24-21(36-18)23(28(4,5)6)33-25(34-24)29(7,8)9/h18H,12-17H2,1-11H3. The molecule has 198 valence electrons. The summed E-state index contributed by atoms with van der Waals surface area (Å²) in [4.78, 5) is 20.0. The molecule has 0 radical (unpaired) electrons. The van der Waals surface area contributed by atoms with Gasteiger partial charge in [0, 0.05) is 27.4 Å². The minimum atomic E-state index is -0.272. The number of aromatic nitrogens is 4. The first kappa shape index (κ1) is 26.8. The van der Waals surface area contributed by atoms with Crippen LogP contribution in [0.2, 0.25) is 0 Å². The Bertz CT molecular complexity index is 1130. The summed E-state index contributed by atoms with van der Waals surface area (Å²) in [7, 11) is 0. The molecule has 6 nitrogen and oxygen atoms in total. The smallest absolute Gasteiger partial charge is 0.260 e. The lowest BCUT2D eigenvalue weighted by atomic mass is 9.81. The molecule has 36 heavy (non-hydrogen) atoms. The number of ether oxygens (including phenoxy) is 2. The van der Waals surface area contributed by atoms with Crippen molar-refractivity contribution in [3.05, 3.63) is 34.3 Å². The minimum Gasteiger partial charge on any atom is -0.480 e. The predicted molar refractivity (Wildman–Crippen MR) is 144 cm³/mol. The van der Waals surface area contributed by atoms with Crippen LogP contribution in [0.15, 0.2) is 0 Å². The number of hydrogen-bond acceptors (Lipinski definition) is 6. The Hall–Kier alpha value is -2.24. The molecule has 6 heteroatoms. The van der Waals surface area contributed by atoms with E-state index in [0.717, 1.165) is 36.6 Å². The quantitative estimate of drug-likeness (QED) is 0.482. The third-order valence-electron chi connectivity index (χ3n) is 7.14. The maximum absolute atomic E-state index is 6.62. The van der Waals surface area contributed by atoms with E-state index >= 15 is 0 Å². The largest absolute Gasteiger partial charge is 0.480 e. The van der Waals surface area contributed by atoms with Crippen molar-refractivity contribution < 1.29 is 9.47 Å². The zero-order chi connectivity index (χ0) is 26.7. The third-order valence-corrected chi connectivity index (χ3v) is 7.14. The average Bonchev–Trinajstić information content (AvgIpc) is 2.75. The Balaban J connectivity index is 1.66. The summed E-state index contributed by atoms with van der Waals surface area (Å²) >= 11 is 0. The van der Waals surface area contributed by atoms with E-state index in [0.29, 0.717) is 18.2 Å². The van der Waals surface area contributed by atoms with Crippen molar-refractivity contribution in [2.75, 3.05) is 6.61 Å². The number of rotatable bonds is 3. The van der Waals surface area contributed by atoms with Gasteiger partial charge in [-0.05, 0) is 37.7 Å². The third kappa shape index (κ3) is 5.38. The van der Waals surface area contributed by atoms with E-state index in [9.17, 15) is 0 Å². The molecule has 1 atom stereocenters. The van der Waals surface area contributed by atoms with Crippen LogP contribution < -0.4 is 9.47 Å². The van der Waals surface area contributed by atoms with Crippen molar-refractivity contribution in [2.45, 2.75) is 136 Å². The van der Waals surface area contributed by atoms with E-state index in [1.54, 1.807) is 0 Å². The van der Waals surface area contributed by atoms with Gasteiger partial charge >= 0.3 is 0 Å². The van der Waals surface area contributed by atoms with E-state index in [1.807, 2.05) is 0 Å². The zero-order valence-electron chi connectivity index (χ0n) is 24.4. The Morgan fingerprint density at radius 1 is 0.694 bits per heavy atom. The van der Waals surface area contributed by atoms with Crippen LogP contribution in [0.1, 0.15) is 130 Å². The summed E-state index contributed by atoms with van der Waals surface area (Å²) in [6, 6.07) is 0. The van der Waals surface area contributed by atoms with Crippen molar-refractivity contribution in [3.8, 4) is 11.6 Å². The summed E-state index contributed by atoms with van der Waals surface area (Å²) < 4.78 is 12.9. The molecule has 1 aliphatic carbocycles. The fourth-order valence-corrected chi connectivity index (χ4v) is 5.13. The monoisotopic (exact) mass is 494 g/mol. The van der Waals surface area contributed by atoms with E-state index < -0.39 is 0 Å². The fourth-order valence-electron chi connectivity index (χ4n) is 5.13. The highest BCUT2D eigenvalue weighted by Gasteiger charge is 2.38. The van der Waals surface area contributed by atoms with E-state index in [4.69, 9.17) is 29.4 Å². The molecule has 3 heterocycles. The minimum absolute atomic E-state index is 0.0116. The van der Waals surface area contributed by atoms with Gasteiger partial charge in [-0.25, -0.2) is 15.0 Å². The molecule has 0 fully saturated rings. The lowest BCUT2D eigenvalue weighted by Crippen LogP contribution is -2.38. The first-order chi connectivity index (χ1) is 16.5. The molecule has 2 aromatic rings. The molecule has 1 unspecified atom stereocenters. The molecule has 0 saturated carbocycles. The molecule has 0 saturated heterocycles. The summed E-state index contributed by atoms with van der Waals surface area (Å²) in [5.74, 6) is 2.95. The van der Waals surface area contributed by atoms with Gasteiger partial charge in [-0.15, -0.1) is 0 Å². The Labute approximate surface area is 218 Å². The van der Waals surface area contributed by atoms with Gasteiger partial charge < -0.3 is 9.47 Å². The second-order valence-electron chi connectivity index (χ2n) is 14.4. The first-order valence-corrected chi connectivity index (χ1v) is 13.6. The topological polar surface area (TPSA) is 70.0 Å². The number of hydrogen-bond donors (Lipinski definition) is 0. The van der Waals surface area contributed by atoms with E-state index in [1.165, 1.54) is 29.8 Å². The van der Waals surface area contributed by atoms with Crippen LogP contribution in [0.3, 0.4) is 0 Å². The highest BCUT2D eigenvalue weighted by molar-refractivity contribution is 5.44. The van der Waals surface area contributed by atoms with Gasteiger partial charge in [-0.3, -0.25) is 0 Å². The van der Waals surface area contributed by atoms with Gasteiger partial charge in [0.2, 0.25) is 5.75 Å². The lowest BCUT2D eigenvalue weighted by molar-refractivity contribution is 0.0609. The van der Waals surface area contributed by atoms with Gasteiger partial charge in [-0.2, -0.15) is 4.98 Å². The summed E-state index contributed by atoms with van der Waals surface area (Å²) in [6.07, 6.45) is 5.18. The molecule has 0 spiro atoms. The molecule has 0 N–H and O–H groups in total. The summed E-state index contributed by atoms with van der Waals surface area (Å²) in [5, 5.41) is 0. The maximum atomic E-state index is 6.62. The van der Waals surface area contributed by atoms with Gasteiger partial charge in [0.1, 0.15) is 24.4 Å². The molecular weight excluding hydrogens is 448 g/mol. The molecule has 0 aromatic carbocycles. The molecular formula is C30H46N4O2. The second-order valence-corrected chi connectivity index (χ2v) is 14.4. The van der Waals surface area contributed by atoms with Crippen molar-refractivity contribution >= 4 is 0 Å². The Morgan fingerprint density at radius 2 is 1.31 bits per heavy atom. The van der Waals surface area contributed by atoms with Crippen molar-refractivity contribution in [1.29, 1.82) is 0 Å². The van der Waals surface area contributed by atoms with Crippen molar-refractivity contribution in [1.82, 2.24) is 19.9 Å². The Kier molecular flexibility index (Phi) is 6.67. The van der Waals surface area contributed by atoms with Crippen LogP contribution in [0.4, 0.5) is 0 Å². The Morgan fingerprint density at radius 3 is 1.92 bits per heavy atom. The molecule has 0 amide bonds. The van der Waals surface area contributed by atoms with Crippen LogP contribution in [-0.4, -0.2) is 32.6 Å². The molecule has 2 aromatic heterocycles. The van der Waals surface area contributed by atoms with Crippen molar-refractivity contribution in [3.63, 3.8) is 0 Å². The van der Waals surface area contributed by atoms with Gasteiger partial charge in [0.05, 0.1) is 11.4 Å². The lowest BCUT2D eigenvalue weighted by Gasteiger charge is -2.35. The maximum Gasteiger partial charge on any atom is 0.260 e. The second kappa shape index (κ2) is 8.95. The van der Waals surface area contributed by atoms with Crippen LogP contribution in [-0.2, 0) is 34.5 Å². The van der Waals surface area contributed by atoms with E-state index in [-0.39, 0.29) is 27.8 Å². The number of aryl methyl sites for hydroxylation is 1. The molecule has 4 rings (SSSR count). The zero-order valence-corrected chi connectivity index (χ0v) is 24.4. The molecule has 0 bridgehead atoms. The normalized spacial score (nSPS) is 18.7. The molecule has 2 aliphatic rings. The van der Waals surface area contributed by atoms with Gasteiger partial charge in [0.25, 0.3) is 5.88 Å². The fraction of sp³-hybridized carbons (Fsp3) is 0.733. The summed E-state index contributed by atoms with van der Waals surface area (Å²) in [5.41, 5.74) is 4.08. The van der Waals surface area contributed by atoms with Crippen LogP contribution in [0.5, 0.6) is 11.6 Å².